The van der Waals surface area contributed by atoms with E-state index < -0.39 is 11.8 Å². The largest absolute Gasteiger partial charge is 0.489 e. The Morgan fingerprint density at radius 2 is 2.00 bits per heavy atom. The zero-order valence-electron chi connectivity index (χ0n) is 12.8. The number of carboxylic acid groups (broad SMARTS) is 1. The smallest absolute Gasteiger partial charge is 0.337 e. The average Bonchev–Trinajstić information content (AvgIpc) is 2.56. The predicted molar refractivity (Wildman–Crippen MR) is 90.8 cm³/mol. The van der Waals surface area contributed by atoms with E-state index in [1.54, 1.807) is 13.0 Å². The highest BCUT2D eigenvalue weighted by Gasteiger charge is 2.13. The molecule has 0 atom stereocenters. The van der Waals surface area contributed by atoms with Crippen LogP contribution in [0.5, 0.6) is 5.75 Å². The van der Waals surface area contributed by atoms with Crippen LogP contribution in [-0.2, 0) is 11.4 Å². The summed E-state index contributed by atoms with van der Waals surface area (Å²) in [5.74, 6) is -1.36. The van der Waals surface area contributed by atoms with Gasteiger partial charge in [-0.2, -0.15) is 0 Å². The van der Waals surface area contributed by atoms with Crippen LogP contribution in [0.3, 0.4) is 0 Å². The molecule has 2 rings (SSSR count). The number of benzene rings is 2. The summed E-state index contributed by atoms with van der Waals surface area (Å²) in [5.41, 5.74) is 0.836. The highest BCUT2D eigenvalue weighted by molar-refractivity contribution is 9.10. The molecule has 0 saturated heterocycles. The standard InChI is InChI=1S/C17H15BrFNO4/c1-2-16(21)20-15-6-3-10(7-12(15)17(22)23)9-24-11-4-5-14(19)13(18)8-11/h3-8H,2,9H2,1H3,(H,20,21)(H,22,23). The van der Waals surface area contributed by atoms with Gasteiger partial charge in [0.25, 0.3) is 0 Å². The molecule has 0 aliphatic rings. The van der Waals surface area contributed by atoms with E-state index in [0.29, 0.717) is 11.3 Å². The maximum Gasteiger partial charge on any atom is 0.337 e. The van der Waals surface area contributed by atoms with Gasteiger partial charge in [0.05, 0.1) is 15.7 Å². The zero-order valence-corrected chi connectivity index (χ0v) is 14.4. The number of carboxylic acids is 1. The number of halogens is 2. The molecular weight excluding hydrogens is 381 g/mol. The normalized spacial score (nSPS) is 10.3. The van der Waals surface area contributed by atoms with Gasteiger partial charge >= 0.3 is 5.97 Å². The summed E-state index contributed by atoms with van der Waals surface area (Å²) in [6.07, 6.45) is 0.253. The number of anilines is 1. The second-order valence-electron chi connectivity index (χ2n) is 4.95. The molecule has 5 nitrogen and oxygen atoms in total. The number of carbonyl (C=O) groups excluding carboxylic acids is 1. The SMILES string of the molecule is CCC(=O)Nc1ccc(COc2ccc(F)c(Br)c2)cc1C(=O)O. The fourth-order valence-electron chi connectivity index (χ4n) is 1.94. The van der Waals surface area contributed by atoms with Gasteiger partial charge in [-0.3, -0.25) is 4.79 Å². The van der Waals surface area contributed by atoms with Gasteiger partial charge < -0.3 is 15.2 Å². The molecule has 0 unspecified atom stereocenters. The van der Waals surface area contributed by atoms with E-state index in [2.05, 4.69) is 21.2 Å². The lowest BCUT2D eigenvalue weighted by Crippen LogP contribution is -2.13. The Morgan fingerprint density at radius 3 is 2.62 bits per heavy atom. The monoisotopic (exact) mass is 395 g/mol. The number of amides is 1. The van der Waals surface area contributed by atoms with Crippen molar-refractivity contribution in [2.75, 3.05) is 5.32 Å². The minimum absolute atomic E-state index is 0.0156. The molecule has 2 aromatic carbocycles. The lowest BCUT2D eigenvalue weighted by Gasteiger charge is -2.11. The molecule has 7 heteroatoms. The van der Waals surface area contributed by atoms with Crippen LogP contribution in [0.2, 0.25) is 0 Å². The Morgan fingerprint density at radius 1 is 1.25 bits per heavy atom. The Hall–Kier alpha value is -2.41. The minimum Gasteiger partial charge on any atom is -0.489 e. The average molecular weight is 396 g/mol. The van der Waals surface area contributed by atoms with Crippen molar-refractivity contribution in [3.05, 3.63) is 57.8 Å². The van der Waals surface area contributed by atoms with E-state index in [0.717, 1.165) is 0 Å². The molecule has 1 amide bonds. The van der Waals surface area contributed by atoms with Crippen molar-refractivity contribution < 1.29 is 23.8 Å². The van der Waals surface area contributed by atoms with Crippen LogP contribution in [0, 0.1) is 5.82 Å². The summed E-state index contributed by atoms with van der Waals surface area (Å²) in [7, 11) is 0. The number of hydrogen-bond donors (Lipinski definition) is 2. The van der Waals surface area contributed by atoms with Gasteiger partial charge in [0.1, 0.15) is 18.2 Å². The van der Waals surface area contributed by atoms with Gasteiger partial charge in [0.15, 0.2) is 0 Å². The summed E-state index contributed by atoms with van der Waals surface area (Å²) in [5, 5.41) is 11.8. The van der Waals surface area contributed by atoms with Crippen LogP contribution in [0.25, 0.3) is 0 Å². The fourth-order valence-corrected chi connectivity index (χ4v) is 2.30. The Kier molecular flexibility index (Phi) is 5.92. The van der Waals surface area contributed by atoms with Gasteiger partial charge in [-0.25, -0.2) is 9.18 Å². The third-order valence-corrected chi connectivity index (χ3v) is 3.81. The van der Waals surface area contributed by atoms with Crippen molar-refractivity contribution in [3.8, 4) is 5.75 Å². The van der Waals surface area contributed by atoms with Gasteiger partial charge in [-0.05, 0) is 51.8 Å². The summed E-state index contributed by atoms with van der Waals surface area (Å²) in [6, 6.07) is 8.86. The van der Waals surface area contributed by atoms with Gasteiger partial charge in [-0.15, -0.1) is 0 Å². The molecule has 0 fully saturated rings. The number of aromatic carboxylic acids is 1. The van der Waals surface area contributed by atoms with Crippen LogP contribution < -0.4 is 10.1 Å². The van der Waals surface area contributed by atoms with Gasteiger partial charge in [-0.1, -0.05) is 13.0 Å². The zero-order chi connectivity index (χ0) is 17.7. The molecular formula is C17H15BrFNO4. The summed E-state index contributed by atoms with van der Waals surface area (Å²) in [4.78, 5) is 22.8. The molecule has 0 aliphatic carbocycles. The number of carbonyl (C=O) groups is 2. The second-order valence-corrected chi connectivity index (χ2v) is 5.81. The third kappa shape index (κ3) is 4.55. The highest BCUT2D eigenvalue weighted by Crippen LogP contribution is 2.23. The van der Waals surface area contributed by atoms with Crippen LogP contribution in [-0.4, -0.2) is 17.0 Å². The highest BCUT2D eigenvalue weighted by atomic mass is 79.9. The van der Waals surface area contributed by atoms with Crippen LogP contribution >= 0.6 is 15.9 Å². The number of nitrogens with one attached hydrogen (secondary N) is 1. The fraction of sp³-hybridized carbons (Fsp3) is 0.176. The predicted octanol–water partition coefficient (Wildman–Crippen LogP) is 4.21. The summed E-state index contributed by atoms with van der Waals surface area (Å²) in [6.45, 7) is 1.79. The quantitative estimate of drug-likeness (QED) is 0.767. The molecule has 0 heterocycles. The first-order valence-corrected chi connectivity index (χ1v) is 7.94. The van der Waals surface area contributed by atoms with Crippen molar-refractivity contribution in [2.24, 2.45) is 0 Å². The van der Waals surface area contributed by atoms with Gasteiger partial charge in [0, 0.05) is 6.42 Å². The van der Waals surface area contributed by atoms with Crippen LogP contribution in [0.1, 0.15) is 29.3 Å². The first-order chi connectivity index (χ1) is 11.4. The van der Waals surface area contributed by atoms with E-state index >= 15 is 0 Å². The van der Waals surface area contributed by atoms with Crippen molar-refractivity contribution in [1.29, 1.82) is 0 Å². The molecule has 0 saturated carbocycles. The Bertz CT molecular complexity index is 779. The summed E-state index contributed by atoms with van der Waals surface area (Å²) < 4.78 is 19.0. The number of hydrogen-bond acceptors (Lipinski definition) is 3. The maximum atomic E-state index is 13.2. The Balaban J connectivity index is 2.15. The van der Waals surface area contributed by atoms with Crippen LogP contribution in [0.15, 0.2) is 40.9 Å². The van der Waals surface area contributed by atoms with E-state index in [1.807, 2.05) is 0 Å². The Labute approximate surface area is 146 Å². The van der Waals surface area contributed by atoms with Crippen molar-refractivity contribution in [1.82, 2.24) is 0 Å². The third-order valence-electron chi connectivity index (χ3n) is 3.21. The van der Waals surface area contributed by atoms with Crippen molar-refractivity contribution in [2.45, 2.75) is 20.0 Å². The van der Waals surface area contributed by atoms with E-state index in [1.165, 1.54) is 30.3 Å². The van der Waals surface area contributed by atoms with Gasteiger partial charge in [0.2, 0.25) is 5.91 Å². The molecule has 126 valence electrons. The van der Waals surface area contributed by atoms with Crippen molar-refractivity contribution >= 4 is 33.5 Å². The number of ether oxygens (including phenoxy) is 1. The van der Waals surface area contributed by atoms with Crippen molar-refractivity contribution in [3.63, 3.8) is 0 Å². The molecule has 0 bridgehead atoms. The molecule has 0 aliphatic heterocycles. The lowest BCUT2D eigenvalue weighted by molar-refractivity contribution is -0.115. The molecule has 2 aromatic rings. The lowest BCUT2D eigenvalue weighted by atomic mass is 10.1. The molecule has 2 N–H and O–H groups in total. The second kappa shape index (κ2) is 7.92. The number of rotatable bonds is 6. The first-order valence-electron chi connectivity index (χ1n) is 7.14. The molecule has 24 heavy (non-hydrogen) atoms. The first kappa shape index (κ1) is 17.9. The molecule has 0 radical (unpaired) electrons. The molecule has 0 spiro atoms. The molecule has 0 aromatic heterocycles. The van der Waals surface area contributed by atoms with E-state index in [-0.39, 0.29) is 34.7 Å². The summed E-state index contributed by atoms with van der Waals surface area (Å²) >= 11 is 3.07. The minimum atomic E-state index is -1.15. The van der Waals surface area contributed by atoms with E-state index in [4.69, 9.17) is 4.74 Å². The topological polar surface area (TPSA) is 75.6 Å². The van der Waals surface area contributed by atoms with Crippen LogP contribution in [0.4, 0.5) is 10.1 Å². The van der Waals surface area contributed by atoms with E-state index in [9.17, 15) is 19.1 Å². The maximum absolute atomic E-state index is 13.2.